The zero-order chi connectivity index (χ0) is 11.7. The van der Waals surface area contributed by atoms with Gasteiger partial charge in [-0.2, -0.15) is 0 Å². The minimum Gasteiger partial charge on any atom is -0.296 e. The van der Waals surface area contributed by atoms with Crippen LogP contribution < -0.4 is 0 Å². The van der Waals surface area contributed by atoms with Gasteiger partial charge in [0.1, 0.15) is 0 Å². The highest BCUT2D eigenvalue weighted by molar-refractivity contribution is 6.30. The van der Waals surface area contributed by atoms with E-state index in [2.05, 4.69) is 24.9 Å². The minimum absolute atomic E-state index is 0.758. The molecule has 0 fully saturated rings. The van der Waals surface area contributed by atoms with Crippen LogP contribution in [-0.2, 0) is 0 Å². The van der Waals surface area contributed by atoms with Gasteiger partial charge in [0.15, 0.2) is 0 Å². The number of benzene rings is 1. The van der Waals surface area contributed by atoms with E-state index in [1.165, 1.54) is 5.57 Å². The average molecular weight is 224 g/mol. The zero-order valence-corrected chi connectivity index (χ0v) is 10.5. The summed E-state index contributed by atoms with van der Waals surface area (Å²) in [5, 5.41) is 0.758. The molecule has 0 unspecified atom stereocenters. The molecule has 0 spiro atoms. The molecule has 0 aliphatic rings. The van der Waals surface area contributed by atoms with Crippen molar-refractivity contribution in [3.05, 3.63) is 46.5 Å². The molecule has 0 amide bonds. The minimum atomic E-state index is 0.758. The van der Waals surface area contributed by atoms with Gasteiger partial charge < -0.3 is 0 Å². The second-order valence-corrected chi connectivity index (χ2v) is 3.74. The molecule has 1 nitrogen and oxygen atoms in total. The van der Waals surface area contributed by atoms with Crippen molar-refractivity contribution in [2.45, 2.75) is 20.8 Å². The predicted molar refractivity (Wildman–Crippen MR) is 70.1 cm³/mol. The van der Waals surface area contributed by atoms with Gasteiger partial charge in [0.05, 0.1) is 0 Å². The van der Waals surface area contributed by atoms with Crippen molar-refractivity contribution in [1.29, 1.82) is 0 Å². The molecule has 1 aromatic carbocycles. The lowest BCUT2D eigenvalue weighted by Gasteiger charge is -1.90. The van der Waals surface area contributed by atoms with Crippen molar-refractivity contribution in [1.82, 2.24) is 0 Å². The molecule has 0 saturated heterocycles. The van der Waals surface area contributed by atoms with Crippen LogP contribution in [0.15, 0.2) is 40.9 Å². The van der Waals surface area contributed by atoms with Crippen LogP contribution in [0.1, 0.15) is 26.3 Å². The van der Waals surface area contributed by atoms with Gasteiger partial charge in [0.2, 0.25) is 0 Å². The van der Waals surface area contributed by atoms with Crippen molar-refractivity contribution in [3.63, 3.8) is 0 Å². The molecule has 0 aliphatic carbocycles. The van der Waals surface area contributed by atoms with Crippen molar-refractivity contribution in [2.75, 3.05) is 7.05 Å². The zero-order valence-electron chi connectivity index (χ0n) is 9.79. The molecule has 82 valence electrons. The Balaban J connectivity index is 0.000000336. The Morgan fingerprint density at radius 2 is 1.67 bits per heavy atom. The summed E-state index contributed by atoms with van der Waals surface area (Å²) >= 11 is 5.67. The van der Waals surface area contributed by atoms with Crippen molar-refractivity contribution < 1.29 is 0 Å². The van der Waals surface area contributed by atoms with E-state index >= 15 is 0 Å². The lowest BCUT2D eigenvalue weighted by Crippen LogP contribution is -1.77. The molecule has 0 saturated carbocycles. The lowest BCUT2D eigenvalue weighted by atomic mass is 10.2. The number of hydrogen-bond donors (Lipinski definition) is 0. The molecule has 1 aromatic rings. The van der Waals surface area contributed by atoms with Crippen LogP contribution in [0, 0.1) is 0 Å². The highest BCUT2D eigenvalue weighted by Crippen LogP contribution is 2.07. The van der Waals surface area contributed by atoms with E-state index in [4.69, 9.17) is 11.6 Å². The Morgan fingerprint density at radius 1 is 1.20 bits per heavy atom. The molecule has 0 radical (unpaired) electrons. The van der Waals surface area contributed by atoms with E-state index < -0.39 is 0 Å². The van der Waals surface area contributed by atoms with Gasteiger partial charge in [-0.3, -0.25) is 4.99 Å². The summed E-state index contributed by atoms with van der Waals surface area (Å²) < 4.78 is 0. The molecule has 0 N–H and O–H groups in total. The molecular weight excluding hydrogens is 206 g/mol. The fourth-order valence-electron chi connectivity index (χ4n) is 0.698. The van der Waals surface area contributed by atoms with Crippen LogP contribution in [0.4, 0.5) is 0 Å². The van der Waals surface area contributed by atoms with E-state index in [9.17, 15) is 0 Å². The first-order valence-corrected chi connectivity index (χ1v) is 5.25. The van der Waals surface area contributed by atoms with Gasteiger partial charge in [-0.25, -0.2) is 0 Å². The third-order valence-corrected chi connectivity index (χ3v) is 1.98. The molecule has 1 rings (SSSR count). The summed E-state index contributed by atoms with van der Waals surface area (Å²) in [6.07, 6.45) is 3.87. The van der Waals surface area contributed by atoms with Gasteiger partial charge >= 0.3 is 0 Å². The average Bonchev–Trinajstić information content (AvgIpc) is 2.23. The number of nitrogens with zero attached hydrogens (tertiary/aromatic N) is 1. The van der Waals surface area contributed by atoms with Crippen LogP contribution >= 0.6 is 11.6 Å². The number of aliphatic imine (C=N–C) groups is 1. The molecule has 0 bridgehead atoms. The number of hydrogen-bond acceptors (Lipinski definition) is 1. The predicted octanol–water partition coefficient (Wildman–Crippen LogP) is 4.36. The van der Waals surface area contributed by atoms with Crippen molar-refractivity contribution >= 4 is 17.8 Å². The van der Waals surface area contributed by atoms with Crippen LogP contribution in [0.3, 0.4) is 0 Å². The number of rotatable bonds is 1. The van der Waals surface area contributed by atoms with Crippen LogP contribution in [0.25, 0.3) is 0 Å². The fourth-order valence-corrected chi connectivity index (χ4v) is 0.824. The first kappa shape index (κ1) is 13.9. The highest BCUT2D eigenvalue weighted by atomic mass is 35.5. The molecule has 15 heavy (non-hydrogen) atoms. The van der Waals surface area contributed by atoms with Gasteiger partial charge in [-0.15, -0.1) is 0 Å². The summed E-state index contributed by atoms with van der Waals surface area (Å²) in [6.45, 7) is 6.20. The van der Waals surface area contributed by atoms with Gasteiger partial charge in [-0.05, 0) is 38.5 Å². The van der Waals surface area contributed by atoms with E-state index in [0.717, 1.165) is 10.6 Å². The molecule has 0 heterocycles. The fraction of sp³-hybridized carbons (Fsp3) is 0.308. The summed E-state index contributed by atoms with van der Waals surface area (Å²) in [5.41, 5.74) is 2.46. The molecule has 0 atom stereocenters. The number of halogens is 1. The Hall–Kier alpha value is -1.08. The number of allylic oxidation sites excluding steroid dienone is 2. The standard InChI is InChI=1S/C8H8ClN.C5H10/c1-10-6-7-2-4-8(9)5-3-7;1-4-5(2)3/h2-6H,1H3;4H,1-3H3. The van der Waals surface area contributed by atoms with Crippen LogP contribution in [0.2, 0.25) is 5.02 Å². The second-order valence-electron chi connectivity index (χ2n) is 3.30. The van der Waals surface area contributed by atoms with E-state index in [0.29, 0.717) is 0 Å². The second kappa shape index (κ2) is 8.25. The maximum Gasteiger partial charge on any atom is 0.0406 e. The molecule has 0 aromatic heterocycles. The summed E-state index contributed by atoms with van der Waals surface area (Å²) in [5.74, 6) is 0. The maximum atomic E-state index is 5.67. The van der Waals surface area contributed by atoms with E-state index in [-0.39, 0.29) is 0 Å². The summed E-state index contributed by atoms with van der Waals surface area (Å²) in [6, 6.07) is 7.54. The Bertz CT molecular complexity index is 319. The van der Waals surface area contributed by atoms with Gasteiger partial charge in [-0.1, -0.05) is 35.4 Å². The molecule has 2 heteroatoms. The third-order valence-electron chi connectivity index (χ3n) is 1.73. The monoisotopic (exact) mass is 223 g/mol. The largest absolute Gasteiger partial charge is 0.296 e. The van der Waals surface area contributed by atoms with E-state index in [1.807, 2.05) is 31.2 Å². The van der Waals surface area contributed by atoms with E-state index in [1.54, 1.807) is 13.3 Å². The third kappa shape index (κ3) is 7.95. The quantitative estimate of drug-likeness (QED) is 0.496. The highest BCUT2D eigenvalue weighted by Gasteiger charge is 1.85. The van der Waals surface area contributed by atoms with Gasteiger partial charge in [0, 0.05) is 18.3 Å². The normalized spacial score (nSPS) is 9.40. The van der Waals surface area contributed by atoms with Crippen LogP contribution in [0.5, 0.6) is 0 Å². The summed E-state index contributed by atoms with van der Waals surface area (Å²) in [7, 11) is 1.74. The summed E-state index contributed by atoms with van der Waals surface area (Å²) in [4.78, 5) is 3.87. The van der Waals surface area contributed by atoms with Crippen LogP contribution in [-0.4, -0.2) is 13.3 Å². The smallest absolute Gasteiger partial charge is 0.0406 e. The Kier molecular flexibility index (Phi) is 7.65. The van der Waals surface area contributed by atoms with Gasteiger partial charge in [0.25, 0.3) is 0 Å². The van der Waals surface area contributed by atoms with Crippen molar-refractivity contribution in [3.8, 4) is 0 Å². The first-order chi connectivity index (χ1) is 7.10. The van der Waals surface area contributed by atoms with Crippen molar-refractivity contribution in [2.24, 2.45) is 4.99 Å². The first-order valence-electron chi connectivity index (χ1n) is 4.87. The Morgan fingerprint density at radius 3 is 2.00 bits per heavy atom. The maximum absolute atomic E-state index is 5.67. The molecule has 0 aliphatic heterocycles. The topological polar surface area (TPSA) is 12.4 Å². The lowest BCUT2D eigenvalue weighted by molar-refractivity contribution is 1.36. The molecular formula is C13H18ClN. The SMILES string of the molecule is CC=C(C)C.CN=Cc1ccc(Cl)cc1. The Labute approximate surface area is 97.5 Å².